The predicted octanol–water partition coefficient (Wildman–Crippen LogP) is 2.45. The van der Waals surface area contributed by atoms with Crippen LogP contribution in [0.1, 0.15) is 28.6 Å². The van der Waals surface area contributed by atoms with E-state index in [9.17, 15) is 9.50 Å². The number of aryl methyl sites for hydroxylation is 2. The number of benzene rings is 1. The van der Waals surface area contributed by atoms with Gasteiger partial charge in [-0.25, -0.2) is 4.39 Å². The second-order valence-electron chi connectivity index (χ2n) is 4.55. The van der Waals surface area contributed by atoms with Gasteiger partial charge in [0.15, 0.2) is 0 Å². The number of aliphatic hydroxyl groups is 1. The fourth-order valence-corrected chi connectivity index (χ4v) is 2.14. The number of hydrogen-bond acceptors (Lipinski definition) is 2. The molecule has 18 heavy (non-hydrogen) atoms. The Morgan fingerprint density at radius 2 is 2.11 bits per heavy atom. The molecule has 2 aromatic rings. The molecule has 1 aromatic carbocycles. The van der Waals surface area contributed by atoms with Crippen molar-refractivity contribution in [1.29, 1.82) is 0 Å². The summed E-state index contributed by atoms with van der Waals surface area (Å²) in [6.07, 6.45) is -0.253. The highest BCUT2D eigenvalue weighted by molar-refractivity contribution is 5.28. The van der Waals surface area contributed by atoms with Crippen LogP contribution in [0, 0.1) is 19.7 Å². The molecule has 1 atom stereocenters. The first-order valence-corrected chi connectivity index (χ1v) is 5.91. The van der Waals surface area contributed by atoms with Crippen molar-refractivity contribution in [2.45, 2.75) is 26.4 Å². The van der Waals surface area contributed by atoms with Gasteiger partial charge in [0.25, 0.3) is 0 Å². The van der Waals surface area contributed by atoms with Gasteiger partial charge in [-0.15, -0.1) is 0 Å². The van der Waals surface area contributed by atoms with Gasteiger partial charge in [0, 0.05) is 19.2 Å². The minimum atomic E-state index is -0.706. The lowest BCUT2D eigenvalue weighted by atomic mass is 10.0. The number of nitrogens with zero attached hydrogens (tertiary/aromatic N) is 2. The van der Waals surface area contributed by atoms with Crippen LogP contribution in [0.3, 0.4) is 0 Å². The van der Waals surface area contributed by atoms with Crippen LogP contribution < -0.4 is 0 Å². The number of halogens is 1. The average molecular weight is 248 g/mol. The lowest BCUT2D eigenvalue weighted by molar-refractivity contribution is 0.177. The normalized spacial score (nSPS) is 12.7. The third kappa shape index (κ3) is 2.43. The quantitative estimate of drug-likeness (QED) is 0.906. The highest BCUT2D eigenvalue weighted by atomic mass is 19.1. The van der Waals surface area contributed by atoms with Gasteiger partial charge >= 0.3 is 0 Å². The second kappa shape index (κ2) is 4.90. The molecule has 0 saturated carbocycles. The minimum absolute atomic E-state index is 0.328. The van der Waals surface area contributed by atoms with Gasteiger partial charge in [0.05, 0.1) is 11.8 Å². The zero-order chi connectivity index (χ0) is 13.3. The van der Waals surface area contributed by atoms with Crippen LogP contribution in [0.5, 0.6) is 0 Å². The van der Waals surface area contributed by atoms with Gasteiger partial charge in [-0.05, 0) is 37.1 Å². The molecule has 1 heterocycles. The van der Waals surface area contributed by atoms with Gasteiger partial charge in [0.1, 0.15) is 5.82 Å². The Hall–Kier alpha value is -1.68. The van der Waals surface area contributed by atoms with Crippen LogP contribution in [0.2, 0.25) is 0 Å². The summed E-state index contributed by atoms with van der Waals surface area (Å²) < 4.78 is 14.9. The third-order valence-electron chi connectivity index (χ3n) is 3.29. The molecule has 1 N–H and O–H groups in total. The third-order valence-corrected chi connectivity index (χ3v) is 3.29. The smallest absolute Gasteiger partial charge is 0.123 e. The topological polar surface area (TPSA) is 38.0 Å². The van der Waals surface area contributed by atoms with E-state index in [4.69, 9.17) is 0 Å². The van der Waals surface area contributed by atoms with Crippen molar-refractivity contribution in [3.05, 3.63) is 52.6 Å². The second-order valence-corrected chi connectivity index (χ2v) is 4.55. The molecule has 2 rings (SSSR count). The number of hydrogen-bond donors (Lipinski definition) is 1. The van der Waals surface area contributed by atoms with E-state index in [-0.39, 0.29) is 5.82 Å². The first-order chi connectivity index (χ1) is 8.49. The van der Waals surface area contributed by atoms with Crippen molar-refractivity contribution in [3.63, 3.8) is 0 Å². The molecule has 1 unspecified atom stereocenters. The minimum Gasteiger partial charge on any atom is -0.388 e. The Morgan fingerprint density at radius 1 is 1.39 bits per heavy atom. The summed E-state index contributed by atoms with van der Waals surface area (Å²) in [5, 5.41) is 14.5. The van der Waals surface area contributed by atoms with Gasteiger partial charge in [-0.2, -0.15) is 5.10 Å². The maximum absolute atomic E-state index is 13.1. The highest BCUT2D eigenvalue weighted by Gasteiger charge is 2.15. The summed E-state index contributed by atoms with van der Waals surface area (Å²) in [4.78, 5) is 0. The van der Waals surface area contributed by atoms with Gasteiger partial charge in [0.2, 0.25) is 0 Å². The number of aliphatic hydroxyl groups excluding tert-OH is 1. The van der Waals surface area contributed by atoms with Crippen LogP contribution in [-0.4, -0.2) is 14.9 Å². The predicted molar refractivity (Wildman–Crippen MR) is 67.7 cm³/mol. The molecule has 4 heteroatoms. The molecule has 0 radical (unpaired) electrons. The van der Waals surface area contributed by atoms with E-state index in [0.29, 0.717) is 12.0 Å². The number of rotatable bonds is 3. The van der Waals surface area contributed by atoms with E-state index in [1.54, 1.807) is 16.8 Å². The maximum Gasteiger partial charge on any atom is 0.123 e. The Bertz CT molecular complexity index is 563. The van der Waals surface area contributed by atoms with E-state index in [1.165, 1.54) is 12.1 Å². The van der Waals surface area contributed by atoms with Gasteiger partial charge in [-0.3, -0.25) is 4.68 Å². The van der Waals surface area contributed by atoms with E-state index in [0.717, 1.165) is 17.0 Å². The summed E-state index contributed by atoms with van der Waals surface area (Å²) >= 11 is 0. The SMILES string of the molecule is Cc1nn(C)c(C)c1CC(O)c1cccc(F)c1. The van der Waals surface area contributed by atoms with Crippen molar-refractivity contribution in [2.24, 2.45) is 7.05 Å². The Kier molecular flexibility index (Phi) is 3.48. The van der Waals surface area contributed by atoms with E-state index < -0.39 is 6.10 Å². The summed E-state index contributed by atoms with van der Waals surface area (Å²) in [6.45, 7) is 3.88. The monoisotopic (exact) mass is 248 g/mol. The molecule has 96 valence electrons. The highest BCUT2D eigenvalue weighted by Crippen LogP contribution is 2.22. The summed E-state index contributed by atoms with van der Waals surface area (Å²) in [7, 11) is 1.88. The van der Waals surface area contributed by atoms with Crippen molar-refractivity contribution in [2.75, 3.05) is 0 Å². The van der Waals surface area contributed by atoms with Crippen LogP contribution in [0.15, 0.2) is 24.3 Å². The Labute approximate surface area is 106 Å². The zero-order valence-corrected chi connectivity index (χ0v) is 10.8. The standard InChI is InChI=1S/C14H17FN2O/c1-9-13(10(2)17(3)16-9)8-14(18)11-5-4-6-12(15)7-11/h4-7,14,18H,8H2,1-3H3. The fraction of sp³-hybridized carbons (Fsp3) is 0.357. The molecule has 0 amide bonds. The van der Waals surface area contributed by atoms with Gasteiger partial charge in [-0.1, -0.05) is 12.1 Å². The van der Waals surface area contributed by atoms with Crippen molar-refractivity contribution >= 4 is 0 Å². The summed E-state index contributed by atoms with van der Waals surface area (Å²) in [6, 6.07) is 6.08. The molecule has 3 nitrogen and oxygen atoms in total. The first kappa shape index (κ1) is 12.8. The van der Waals surface area contributed by atoms with Gasteiger partial charge < -0.3 is 5.11 Å². The van der Waals surface area contributed by atoms with Crippen LogP contribution in [0.4, 0.5) is 4.39 Å². The van der Waals surface area contributed by atoms with Crippen LogP contribution in [-0.2, 0) is 13.5 Å². The molecule has 0 bridgehead atoms. The molecular weight excluding hydrogens is 231 g/mol. The average Bonchev–Trinajstić information content (AvgIpc) is 2.56. The van der Waals surface area contributed by atoms with E-state index >= 15 is 0 Å². The molecular formula is C14H17FN2O. The molecule has 1 aromatic heterocycles. The lowest BCUT2D eigenvalue weighted by Gasteiger charge is -2.11. The largest absolute Gasteiger partial charge is 0.388 e. The van der Waals surface area contributed by atoms with Crippen molar-refractivity contribution in [1.82, 2.24) is 9.78 Å². The number of aromatic nitrogens is 2. The zero-order valence-electron chi connectivity index (χ0n) is 10.8. The first-order valence-electron chi connectivity index (χ1n) is 5.91. The molecule has 0 saturated heterocycles. The fourth-order valence-electron chi connectivity index (χ4n) is 2.14. The Morgan fingerprint density at radius 3 is 2.67 bits per heavy atom. The molecule has 0 aliphatic rings. The van der Waals surface area contributed by atoms with Crippen LogP contribution >= 0.6 is 0 Å². The van der Waals surface area contributed by atoms with Crippen molar-refractivity contribution in [3.8, 4) is 0 Å². The van der Waals surface area contributed by atoms with Crippen LogP contribution in [0.25, 0.3) is 0 Å². The molecule has 0 fully saturated rings. The van der Waals surface area contributed by atoms with Crippen molar-refractivity contribution < 1.29 is 9.50 Å². The molecule has 0 aliphatic heterocycles. The lowest BCUT2D eigenvalue weighted by Crippen LogP contribution is -2.04. The molecule has 0 spiro atoms. The summed E-state index contributed by atoms with van der Waals surface area (Å²) in [5.74, 6) is -0.328. The molecule has 0 aliphatic carbocycles. The summed E-state index contributed by atoms with van der Waals surface area (Å²) in [5.41, 5.74) is 3.56. The maximum atomic E-state index is 13.1. The van der Waals surface area contributed by atoms with E-state index in [2.05, 4.69) is 5.10 Å². The van der Waals surface area contributed by atoms with E-state index in [1.807, 2.05) is 20.9 Å². The Balaban J connectivity index is 2.24.